The molecule has 0 spiro atoms. The number of amides is 2. The van der Waals surface area contributed by atoms with Crippen LogP contribution in [0.5, 0.6) is 0 Å². The smallest absolute Gasteiger partial charge is 0.319 e. The number of hydrogen-bond acceptors (Lipinski definition) is 4. The predicted octanol–water partition coefficient (Wildman–Crippen LogP) is 3.04. The van der Waals surface area contributed by atoms with Crippen LogP contribution in [-0.4, -0.2) is 58.7 Å². The first-order valence-electron chi connectivity index (χ1n) is 9.04. The van der Waals surface area contributed by atoms with E-state index >= 15 is 0 Å². The lowest BCUT2D eigenvalue weighted by molar-refractivity contribution is -0.137. The van der Waals surface area contributed by atoms with Crippen LogP contribution in [0.4, 0.5) is 10.5 Å². The first-order valence-corrected chi connectivity index (χ1v) is 10.2. The molecule has 1 saturated heterocycles. The summed E-state index contributed by atoms with van der Waals surface area (Å²) in [5, 5.41) is 14.4. The lowest BCUT2D eigenvalue weighted by atomic mass is 9.99. The number of carboxylic acids is 1. The van der Waals surface area contributed by atoms with Crippen molar-refractivity contribution in [1.29, 1.82) is 0 Å². The number of thioether (sulfide) groups is 1. The number of aliphatic carboxylic acids is 1. The number of anilines is 1. The summed E-state index contributed by atoms with van der Waals surface area (Å²) in [6.45, 7) is 7.05. The number of carbonyl (C=O) groups excluding carboxylic acids is 1. The Bertz CT molecular complexity index is 599. The van der Waals surface area contributed by atoms with Crippen LogP contribution in [0.1, 0.15) is 32.3 Å². The minimum atomic E-state index is -0.862. The molecule has 2 amide bonds. The third kappa shape index (κ3) is 7.66. The van der Waals surface area contributed by atoms with Crippen molar-refractivity contribution in [3.63, 3.8) is 0 Å². The standard InChI is InChI=1S/C19H29N3O3S/c1-19(2,9-7-17(23)24)21-18(25)20-16-5-3-15(4-6-16)8-10-22-11-13-26-14-12-22/h3-6H,7-14H2,1-2H3,(H,23,24)(H2,20,21,25). The lowest BCUT2D eigenvalue weighted by Gasteiger charge is -2.26. The van der Waals surface area contributed by atoms with Gasteiger partial charge in [-0.1, -0.05) is 12.1 Å². The highest BCUT2D eigenvalue weighted by Gasteiger charge is 2.21. The minimum Gasteiger partial charge on any atom is -0.481 e. The summed E-state index contributed by atoms with van der Waals surface area (Å²) in [5.41, 5.74) is 1.42. The van der Waals surface area contributed by atoms with Gasteiger partial charge in [0, 0.05) is 48.8 Å². The zero-order valence-electron chi connectivity index (χ0n) is 15.6. The van der Waals surface area contributed by atoms with Crippen LogP contribution in [-0.2, 0) is 11.2 Å². The normalized spacial score (nSPS) is 15.5. The summed E-state index contributed by atoms with van der Waals surface area (Å²) in [5.74, 6) is 1.58. The maximum Gasteiger partial charge on any atom is 0.319 e. The minimum absolute atomic E-state index is 0.0255. The van der Waals surface area contributed by atoms with Gasteiger partial charge in [0.15, 0.2) is 0 Å². The largest absolute Gasteiger partial charge is 0.481 e. The van der Waals surface area contributed by atoms with Crippen molar-refractivity contribution in [3.8, 4) is 0 Å². The van der Waals surface area contributed by atoms with Crippen LogP contribution in [0.25, 0.3) is 0 Å². The molecule has 1 aromatic rings. The van der Waals surface area contributed by atoms with Crippen LogP contribution in [0, 0.1) is 0 Å². The number of carbonyl (C=O) groups is 2. The van der Waals surface area contributed by atoms with E-state index in [1.54, 1.807) is 0 Å². The van der Waals surface area contributed by atoms with Crippen LogP contribution < -0.4 is 10.6 Å². The Morgan fingerprint density at radius 1 is 1.19 bits per heavy atom. The summed E-state index contributed by atoms with van der Waals surface area (Å²) in [7, 11) is 0. The summed E-state index contributed by atoms with van der Waals surface area (Å²) in [4.78, 5) is 25.3. The summed E-state index contributed by atoms with van der Waals surface area (Å²) in [6, 6.07) is 7.59. The van der Waals surface area contributed by atoms with E-state index in [2.05, 4.69) is 15.5 Å². The molecule has 0 aromatic heterocycles. The van der Waals surface area contributed by atoms with E-state index in [1.807, 2.05) is 49.9 Å². The van der Waals surface area contributed by atoms with Crippen molar-refractivity contribution >= 4 is 29.4 Å². The van der Waals surface area contributed by atoms with Gasteiger partial charge in [0.2, 0.25) is 0 Å². The van der Waals surface area contributed by atoms with Crippen molar-refractivity contribution in [2.75, 3.05) is 36.5 Å². The van der Waals surface area contributed by atoms with Gasteiger partial charge in [0.1, 0.15) is 0 Å². The zero-order valence-corrected chi connectivity index (χ0v) is 16.4. The molecule has 0 atom stereocenters. The topological polar surface area (TPSA) is 81.7 Å². The van der Waals surface area contributed by atoms with Crippen molar-refractivity contribution in [1.82, 2.24) is 10.2 Å². The number of nitrogens with zero attached hydrogens (tertiary/aromatic N) is 1. The van der Waals surface area contributed by atoms with Crippen LogP contribution >= 0.6 is 11.8 Å². The average Bonchev–Trinajstić information content (AvgIpc) is 2.60. The number of nitrogens with one attached hydrogen (secondary N) is 2. The molecule has 0 saturated carbocycles. The fraction of sp³-hybridized carbons (Fsp3) is 0.579. The SMILES string of the molecule is CC(C)(CCC(=O)O)NC(=O)Nc1ccc(CCN2CCSCC2)cc1. The van der Waals surface area contributed by atoms with Gasteiger partial charge in [0.25, 0.3) is 0 Å². The number of carboxylic acid groups (broad SMARTS) is 1. The van der Waals surface area contributed by atoms with E-state index in [4.69, 9.17) is 5.11 Å². The number of benzene rings is 1. The van der Waals surface area contributed by atoms with Gasteiger partial charge in [0.05, 0.1) is 0 Å². The van der Waals surface area contributed by atoms with Crippen LogP contribution in [0.2, 0.25) is 0 Å². The maximum absolute atomic E-state index is 12.1. The fourth-order valence-electron chi connectivity index (χ4n) is 2.82. The Morgan fingerprint density at radius 3 is 2.46 bits per heavy atom. The molecule has 7 heteroatoms. The highest BCUT2D eigenvalue weighted by molar-refractivity contribution is 7.99. The number of rotatable bonds is 8. The highest BCUT2D eigenvalue weighted by atomic mass is 32.2. The van der Waals surface area contributed by atoms with Gasteiger partial charge in [-0.2, -0.15) is 11.8 Å². The predicted molar refractivity (Wildman–Crippen MR) is 107 cm³/mol. The van der Waals surface area contributed by atoms with Crippen molar-refractivity contribution < 1.29 is 14.7 Å². The number of urea groups is 1. The Balaban J connectivity index is 1.76. The second-order valence-corrected chi connectivity index (χ2v) is 8.48. The maximum atomic E-state index is 12.1. The Hall–Kier alpha value is -1.73. The second kappa shape index (κ2) is 9.83. The van der Waals surface area contributed by atoms with Crippen molar-refractivity contribution in [2.24, 2.45) is 0 Å². The lowest BCUT2D eigenvalue weighted by Crippen LogP contribution is -2.45. The monoisotopic (exact) mass is 379 g/mol. The Kier molecular flexibility index (Phi) is 7.78. The summed E-state index contributed by atoms with van der Waals surface area (Å²) < 4.78 is 0. The molecule has 1 heterocycles. The van der Waals surface area contributed by atoms with E-state index in [9.17, 15) is 9.59 Å². The van der Waals surface area contributed by atoms with Gasteiger partial charge in [-0.3, -0.25) is 4.79 Å². The zero-order chi connectivity index (χ0) is 19.0. The molecule has 1 fully saturated rings. The Labute approximate surface area is 159 Å². The van der Waals surface area contributed by atoms with Crippen LogP contribution in [0.15, 0.2) is 24.3 Å². The van der Waals surface area contributed by atoms with Crippen molar-refractivity contribution in [2.45, 2.75) is 38.6 Å². The fourth-order valence-corrected chi connectivity index (χ4v) is 3.80. The van der Waals surface area contributed by atoms with Crippen molar-refractivity contribution in [3.05, 3.63) is 29.8 Å². The van der Waals surface area contributed by atoms with E-state index in [1.165, 1.54) is 30.2 Å². The van der Waals surface area contributed by atoms with E-state index in [0.29, 0.717) is 6.42 Å². The van der Waals surface area contributed by atoms with E-state index < -0.39 is 11.5 Å². The van der Waals surface area contributed by atoms with Gasteiger partial charge in [-0.05, 0) is 44.4 Å². The number of hydrogen-bond donors (Lipinski definition) is 3. The van der Waals surface area contributed by atoms with E-state index in [-0.39, 0.29) is 12.5 Å². The molecule has 6 nitrogen and oxygen atoms in total. The highest BCUT2D eigenvalue weighted by Crippen LogP contribution is 2.15. The van der Waals surface area contributed by atoms with Gasteiger partial charge < -0.3 is 20.6 Å². The second-order valence-electron chi connectivity index (χ2n) is 7.26. The molecule has 0 aliphatic carbocycles. The molecule has 26 heavy (non-hydrogen) atoms. The van der Waals surface area contributed by atoms with Gasteiger partial charge in [-0.25, -0.2) is 4.79 Å². The molecule has 0 radical (unpaired) electrons. The molecule has 3 N–H and O–H groups in total. The molecule has 1 aliphatic rings. The first kappa shape index (κ1) is 20.6. The quantitative estimate of drug-likeness (QED) is 0.647. The third-order valence-corrected chi connectivity index (χ3v) is 5.39. The molecular formula is C19H29N3O3S. The average molecular weight is 380 g/mol. The summed E-state index contributed by atoms with van der Waals surface area (Å²) >= 11 is 2.02. The van der Waals surface area contributed by atoms with Gasteiger partial charge >= 0.3 is 12.0 Å². The summed E-state index contributed by atoms with van der Waals surface area (Å²) in [6.07, 6.45) is 1.42. The molecule has 0 unspecified atom stereocenters. The Morgan fingerprint density at radius 2 is 1.85 bits per heavy atom. The molecule has 144 valence electrons. The first-order chi connectivity index (χ1) is 12.3. The molecule has 1 aliphatic heterocycles. The third-order valence-electron chi connectivity index (χ3n) is 4.45. The van der Waals surface area contributed by atoms with E-state index in [0.717, 1.165) is 18.7 Å². The van der Waals surface area contributed by atoms with Gasteiger partial charge in [-0.15, -0.1) is 0 Å². The molecule has 0 bridgehead atoms. The molecule has 2 rings (SSSR count). The molecule has 1 aromatic carbocycles. The molecular weight excluding hydrogens is 350 g/mol. The van der Waals surface area contributed by atoms with Crippen LogP contribution in [0.3, 0.4) is 0 Å².